The average Bonchev–Trinajstić information content (AvgIpc) is 2.15. The molecule has 0 aliphatic carbocycles. The second-order valence-electron chi connectivity index (χ2n) is 2.88. The number of phenols is 1. The molecule has 1 rings (SSSR count). The number of aliphatic hydroxyl groups excluding tert-OH is 1. The van der Waals surface area contributed by atoms with Crippen LogP contribution in [0.4, 0.5) is 8.78 Å². The molecule has 0 radical (unpaired) electrons. The zero-order valence-electron chi connectivity index (χ0n) is 7.59. The molecule has 5 heteroatoms. The highest BCUT2D eigenvalue weighted by Gasteiger charge is 2.17. The van der Waals surface area contributed by atoms with E-state index in [0.29, 0.717) is 0 Å². The van der Waals surface area contributed by atoms with E-state index in [0.717, 1.165) is 12.1 Å². The third kappa shape index (κ3) is 2.00. The number of aromatic hydroxyl groups is 1. The fourth-order valence-corrected chi connectivity index (χ4v) is 1.11. The van der Waals surface area contributed by atoms with Crippen molar-refractivity contribution in [1.82, 2.24) is 5.32 Å². The normalized spacial score (nSPS) is 12.9. The van der Waals surface area contributed by atoms with Gasteiger partial charge in [0.05, 0.1) is 6.10 Å². The quantitative estimate of drug-likeness (QED) is 0.684. The van der Waals surface area contributed by atoms with Crippen molar-refractivity contribution >= 4 is 0 Å². The first-order chi connectivity index (χ1) is 6.57. The lowest BCUT2D eigenvalue weighted by atomic mass is 10.1. The first kappa shape index (κ1) is 10.9. The molecule has 0 saturated heterocycles. The van der Waals surface area contributed by atoms with Crippen LogP contribution in [0.2, 0.25) is 0 Å². The summed E-state index contributed by atoms with van der Waals surface area (Å²) < 4.78 is 25.9. The summed E-state index contributed by atoms with van der Waals surface area (Å²) in [7, 11) is 1.58. The fraction of sp³-hybridized carbons (Fsp3) is 0.333. The number of nitrogens with one attached hydrogen (secondary N) is 1. The van der Waals surface area contributed by atoms with Crippen LogP contribution < -0.4 is 5.32 Å². The molecule has 1 aromatic carbocycles. The van der Waals surface area contributed by atoms with Crippen molar-refractivity contribution in [2.24, 2.45) is 0 Å². The van der Waals surface area contributed by atoms with Crippen LogP contribution in [-0.4, -0.2) is 23.8 Å². The highest BCUT2D eigenvalue weighted by Crippen LogP contribution is 2.25. The van der Waals surface area contributed by atoms with Crippen molar-refractivity contribution in [1.29, 1.82) is 0 Å². The molecular formula is C9H11F2NO2. The molecule has 0 aliphatic heterocycles. The Hall–Kier alpha value is -1.20. The Bertz CT molecular complexity index is 331. The minimum Gasteiger partial charge on any atom is -0.505 e. The van der Waals surface area contributed by atoms with Crippen LogP contribution in [0.1, 0.15) is 11.7 Å². The third-order valence-corrected chi connectivity index (χ3v) is 1.85. The van der Waals surface area contributed by atoms with Gasteiger partial charge in [-0.05, 0) is 19.2 Å². The van der Waals surface area contributed by atoms with Gasteiger partial charge in [0.15, 0.2) is 11.6 Å². The van der Waals surface area contributed by atoms with Crippen LogP contribution in [0.15, 0.2) is 12.1 Å². The summed E-state index contributed by atoms with van der Waals surface area (Å²) in [5.74, 6) is -3.31. The Balaban J connectivity index is 3.04. The number of rotatable bonds is 3. The van der Waals surface area contributed by atoms with Gasteiger partial charge >= 0.3 is 0 Å². The lowest BCUT2D eigenvalue weighted by Crippen LogP contribution is -2.18. The standard InChI is InChI=1S/C9H11F2NO2/c1-12-4-7(14)5-2-3-6(13)9(11)8(5)10/h2-3,7,12-14H,4H2,1H3. The van der Waals surface area contributed by atoms with Gasteiger partial charge in [0.25, 0.3) is 0 Å². The minimum atomic E-state index is -1.34. The monoisotopic (exact) mass is 203 g/mol. The number of aliphatic hydroxyl groups is 1. The van der Waals surface area contributed by atoms with Crippen molar-refractivity contribution < 1.29 is 19.0 Å². The molecule has 3 N–H and O–H groups in total. The van der Waals surface area contributed by atoms with Crippen molar-refractivity contribution in [3.8, 4) is 5.75 Å². The van der Waals surface area contributed by atoms with E-state index in [1.54, 1.807) is 7.05 Å². The molecule has 1 unspecified atom stereocenters. The number of halogens is 2. The molecule has 1 atom stereocenters. The molecule has 0 spiro atoms. The van der Waals surface area contributed by atoms with Crippen LogP contribution in [0.3, 0.4) is 0 Å². The smallest absolute Gasteiger partial charge is 0.200 e. The van der Waals surface area contributed by atoms with Crippen LogP contribution in [0, 0.1) is 11.6 Å². The SMILES string of the molecule is CNCC(O)c1ccc(O)c(F)c1F. The molecule has 0 aliphatic rings. The largest absolute Gasteiger partial charge is 0.505 e. The number of likely N-dealkylation sites (N-methyl/N-ethyl adjacent to an activating group) is 1. The lowest BCUT2D eigenvalue weighted by molar-refractivity contribution is 0.171. The molecular weight excluding hydrogens is 192 g/mol. The summed E-state index contributed by atoms with van der Waals surface area (Å²) in [6, 6.07) is 2.16. The van der Waals surface area contributed by atoms with Gasteiger partial charge in [-0.25, -0.2) is 4.39 Å². The van der Waals surface area contributed by atoms with Gasteiger partial charge in [-0.2, -0.15) is 4.39 Å². The maximum Gasteiger partial charge on any atom is 0.200 e. The van der Waals surface area contributed by atoms with E-state index in [1.807, 2.05) is 0 Å². The summed E-state index contributed by atoms with van der Waals surface area (Å²) in [5.41, 5.74) is -0.172. The molecule has 0 heterocycles. The summed E-state index contributed by atoms with van der Waals surface area (Å²) in [4.78, 5) is 0. The van der Waals surface area contributed by atoms with Crippen molar-refractivity contribution in [2.75, 3.05) is 13.6 Å². The van der Waals surface area contributed by atoms with Gasteiger partial charge in [-0.3, -0.25) is 0 Å². The Morgan fingerprint density at radius 1 is 1.36 bits per heavy atom. The second kappa shape index (κ2) is 4.34. The molecule has 0 bridgehead atoms. The second-order valence-corrected chi connectivity index (χ2v) is 2.88. The molecule has 3 nitrogen and oxygen atoms in total. The zero-order chi connectivity index (χ0) is 10.7. The highest BCUT2D eigenvalue weighted by molar-refractivity contribution is 5.31. The van der Waals surface area contributed by atoms with Gasteiger partial charge < -0.3 is 15.5 Å². The molecule has 1 aromatic rings. The predicted octanol–water partition coefficient (Wildman–Crippen LogP) is 0.923. The van der Waals surface area contributed by atoms with Gasteiger partial charge in [-0.1, -0.05) is 0 Å². The first-order valence-corrected chi connectivity index (χ1v) is 4.07. The Morgan fingerprint density at radius 3 is 2.57 bits per heavy atom. The minimum absolute atomic E-state index is 0.112. The maximum absolute atomic E-state index is 13.1. The van der Waals surface area contributed by atoms with Crippen LogP contribution in [0.5, 0.6) is 5.75 Å². The number of phenolic OH excluding ortho intramolecular Hbond substituents is 1. The Labute approximate surface area is 80.0 Å². The summed E-state index contributed by atoms with van der Waals surface area (Å²) in [5, 5.41) is 20.8. The van der Waals surface area contributed by atoms with E-state index in [9.17, 15) is 13.9 Å². The third-order valence-electron chi connectivity index (χ3n) is 1.85. The lowest BCUT2D eigenvalue weighted by Gasteiger charge is -2.11. The molecule has 14 heavy (non-hydrogen) atoms. The molecule has 0 aromatic heterocycles. The van der Waals surface area contributed by atoms with E-state index in [1.165, 1.54) is 0 Å². The van der Waals surface area contributed by atoms with Gasteiger partial charge in [-0.15, -0.1) is 0 Å². The van der Waals surface area contributed by atoms with Gasteiger partial charge in [0.2, 0.25) is 5.82 Å². The average molecular weight is 203 g/mol. The number of benzene rings is 1. The van der Waals surface area contributed by atoms with Crippen molar-refractivity contribution in [3.05, 3.63) is 29.3 Å². The molecule has 0 fully saturated rings. The summed E-state index contributed by atoms with van der Waals surface area (Å²) in [6.45, 7) is 0.112. The van der Waals surface area contributed by atoms with Gasteiger partial charge in [0.1, 0.15) is 0 Å². The Morgan fingerprint density at radius 2 is 2.00 bits per heavy atom. The van der Waals surface area contributed by atoms with Crippen LogP contribution in [0.25, 0.3) is 0 Å². The number of hydrogen-bond acceptors (Lipinski definition) is 3. The highest BCUT2D eigenvalue weighted by atomic mass is 19.2. The predicted molar refractivity (Wildman–Crippen MR) is 46.9 cm³/mol. The van der Waals surface area contributed by atoms with Gasteiger partial charge in [0, 0.05) is 12.1 Å². The summed E-state index contributed by atoms with van der Waals surface area (Å²) in [6.07, 6.45) is -1.13. The number of hydrogen-bond donors (Lipinski definition) is 3. The molecule has 0 amide bonds. The summed E-state index contributed by atoms with van der Waals surface area (Å²) >= 11 is 0. The molecule has 78 valence electrons. The van der Waals surface area contributed by atoms with Crippen LogP contribution in [-0.2, 0) is 0 Å². The molecule has 0 saturated carbocycles. The van der Waals surface area contributed by atoms with E-state index < -0.39 is 23.5 Å². The first-order valence-electron chi connectivity index (χ1n) is 4.07. The van der Waals surface area contributed by atoms with E-state index in [4.69, 9.17) is 5.11 Å². The van der Waals surface area contributed by atoms with Crippen LogP contribution >= 0.6 is 0 Å². The Kier molecular flexibility index (Phi) is 3.38. The maximum atomic E-state index is 13.1. The van der Waals surface area contributed by atoms with Crippen molar-refractivity contribution in [3.63, 3.8) is 0 Å². The fourth-order valence-electron chi connectivity index (χ4n) is 1.11. The van der Waals surface area contributed by atoms with E-state index in [2.05, 4.69) is 5.32 Å². The zero-order valence-corrected chi connectivity index (χ0v) is 7.59. The van der Waals surface area contributed by atoms with E-state index in [-0.39, 0.29) is 12.1 Å². The van der Waals surface area contributed by atoms with E-state index >= 15 is 0 Å². The van der Waals surface area contributed by atoms with Crippen molar-refractivity contribution in [2.45, 2.75) is 6.10 Å². The topological polar surface area (TPSA) is 52.5 Å².